The van der Waals surface area contributed by atoms with Gasteiger partial charge < -0.3 is 10.7 Å². The number of hydrogen-bond donors (Lipinski definition) is 2. The molecule has 0 fully saturated rings. The molecule has 0 aliphatic carbocycles. The molecule has 0 atom stereocenters. The zero-order valence-electron chi connectivity index (χ0n) is 13.1. The molecule has 6 heteroatoms. The Morgan fingerprint density at radius 1 is 1.30 bits per heavy atom. The molecule has 120 valence electrons. The molecule has 0 unspecified atom stereocenters. The van der Waals surface area contributed by atoms with Crippen molar-refractivity contribution in [2.45, 2.75) is 26.8 Å². The van der Waals surface area contributed by atoms with E-state index in [2.05, 4.69) is 29.9 Å². The highest BCUT2D eigenvalue weighted by Crippen LogP contribution is 2.20. The molecule has 0 aliphatic rings. The van der Waals surface area contributed by atoms with Crippen molar-refractivity contribution in [2.24, 2.45) is 5.92 Å². The summed E-state index contributed by atoms with van der Waals surface area (Å²) >= 11 is 6.12. The molecule has 0 amide bonds. The van der Waals surface area contributed by atoms with Crippen molar-refractivity contribution < 1.29 is 0 Å². The number of nitrogens with one attached hydrogen (secondary N) is 1. The standard InChI is InChI=1S/C17H19ClN4O/c1-10(2)8-11-4-3-5-13-16(11)21-15(20-13)9-22-14(18)7-6-12(19)17(22)23/h3-7,10H,8-9,19H2,1-2H3,(H,20,21). The topological polar surface area (TPSA) is 76.7 Å². The van der Waals surface area contributed by atoms with Gasteiger partial charge in [0.25, 0.3) is 5.56 Å². The molecule has 0 radical (unpaired) electrons. The summed E-state index contributed by atoms with van der Waals surface area (Å²) in [6.07, 6.45) is 0.959. The summed E-state index contributed by atoms with van der Waals surface area (Å²) in [5.41, 5.74) is 8.65. The zero-order chi connectivity index (χ0) is 16.6. The van der Waals surface area contributed by atoms with E-state index in [-0.39, 0.29) is 17.8 Å². The van der Waals surface area contributed by atoms with E-state index >= 15 is 0 Å². The SMILES string of the molecule is CC(C)Cc1cccc2[nH]c(Cn3c(Cl)ccc(N)c3=O)nc12. The van der Waals surface area contributed by atoms with Gasteiger partial charge in [0.1, 0.15) is 11.0 Å². The van der Waals surface area contributed by atoms with Crippen LogP contribution in [0.25, 0.3) is 11.0 Å². The first kappa shape index (κ1) is 15.6. The number of nitrogens with zero attached hydrogens (tertiary/aromatic N) is 2. The Morgan fingerprint density at radius 3 is 2.83 bits per heavy atom. The number of fused-ring (bicyclic) bond motifs is 1. The number of anilines is 1. The fraction of sp³-hybridized carbons (Fsp3) is 0.294. The number of imidazole rings is 1. The minimum absolute atomic E-state index is 0.172. The Bertz CT molecular complexity index is 911. The first-order valence-corrected chi connectivity index (χ1v) is 7.95. The van der Waals surface area contributed by atoms with Gasteiger partial charge in [-0.15, -0.1) is 0 Å². The van der Waals surface area contributed by atoms with E-state index in [9.17, 15) is 4.79 Å². The second kappa shape index (κ2) is 6.08. The van der Waals surface area contributed by atoms with Gasteiger partial charge in [0.05, 0.1) is 23.3 Å². The third kappa shape index (κ3) is 3.10. The summed E-state index contributed by atoms with van der Waals surface area (Å²) in [6, 6.07) is 9.22. The van der Waals surface area contributed by atoms with E-state index in [1.807, 2.05) is 12.1 Å². The van der Waals surface area contributed by atoms with Crippen LogP contribution in [0.15, 0.2) is 35.1 Å². The van der Waals surface area contributed by atoms with Gasteiger partial charge >= 0.3 is 0 Å². The summed E-state index contributed by atoms with van der Waals surface area (Å²) in [5.74, 6) is 1.23. The fourth-order valence-electron chi connectivity index (χ4n) is 2.69. The molecule has 3 aromatic rings. The predicted molar refractivity (Wildman–Crippen MR) is 93.9 cm³/mol. The third-order valence-electron chi connectivity index (χ3n) is 3.73. The van der Waals surface area contributed by atoms with Gasteiger partial charge in [-0.25, -0.2) is 4.98 Å². The number of H-pyrrole nitrogens is 1. The number of para-hydroxylation sites is 1. The summed E-state index contributed by atoms with van der Waals surface area (Å²) in [6.45, 7) is 4.62. The van der Waals surface area contributed by atoms with Crippen LogP contribution >= 0.6 is 11.6 Å². The predicted octanol–water partition coefficient (Wildman–Crippen LogP) is 3.21. The maximum absolute atomic E-state index is 12.1. The normalized spacial score (nSPS) is 11.5. The molecule has 2 heterocycles. The minimum atomic E-state index is -0.305. The molecule has 3 rings (SSSR count). The zero-order valence-corrected chi connectivity index (χ0v) is 13.9. The summed E-state index contributed by atoms with van der Waals surface area (Å²) in [4.78, 5) is 20.1. The number of aromatic amines is 1. The van der Waals surface area contributed by atoms with E-state index in [1.165, 1.54) is 16.2 Å². The van der Waals surface area contributed by atoms with Crippen LogP contribution < -0.4 is 11.3 Å². The van der Waals surface area contributed by atoms with Crippen molar-refractivity contribution in [1.82, 2.24) is 14.5 Å². The van der Waals surface area contributed by atoms with Gasteiger partial charge in [0.15, 0.2) is 0 Å². The number of rotatable bonds is 4. The largest absolute Gasteiger partial charge is 0.394 e. The Morgan fingerprint density at radius 2 is 2.09 bits per heavy atom. The highest BCUT2D eigenvalue weighted by molar-refractivity contribution is 6.29. The Labute approximate surface area is 139 Å². The monoisotopic (exact) mass is 330 g/mol. The molecular weight excluding hydrogens is 312 g/mol. The molecule has 0 saturated carbocycles. The number of hydrogen-bond acceptors (Lipinski definition) is 3. The van der Waals surface area contributed by atoms with Crippen LogP contribution in [0.2, 0.25) is 5.15 Å². The van der Waals surface area contributed by atoms with Crippen LogP contribution in [0.1, 0.15) is 25.2 Å². The van der Waals surface area contributed by atoms with E-state index in [0.29, 0.717) is 16.9 Å². The highest BCUT2D eigenvalue weighted by Gasteiger charge is 2.11. The van der Waals surface area contributed by atoms with Crippen molar-refractivity contribution in [3.63, 3.8) is 0 Å². The number of nitrogen functional groups attached to an aromatic ring is 1. The molecule has 3 N–H and O–H groups in total. The molecule has 0 bridgehead atoms. The van der Waals surface area contributed by atoms with Gasteiger partial charge in [-0.3, -0.25) is 9.36 Å². The molecule has 0 spiro atoms. The lowest BCUT2D eigenvalue weighted by molar-refractivity contribution is 0.649. The molecular formula is C17H19ClN4O. The van der Waals surface area contributed by atoms with E-state index in [4.69, 9.17) is 17.3 Å². The maximum Gasteiger partial charge on any atom is 0.275 e. The highest BCUT2D eigenvalue weighted by atomic mass is 35.5. The lowest BCUT2D eigenvalue weighted by Crippen LogP contribution is -2.24. The van der Waals surface area contributed by atoms with Crippen molar-refractivity contribution in [3.8, 4) is 0 Å². The summed E-state index contributed by atoms with van der Waals surface area (Å²) < 4.78 is 1.41. The van der Waals surface area contributed by atoms with Gasteiger partial charge in [-0.05, 0) is 36.1 Å². The van der Waals surface area contributed by atoms with Crippen LogP contribution in [0, 0.1) is 5.92 Å². The molecule has 2 aromatic heterocycles. The van der Waals surface area contributed by atoms with Gasteiger partial charge in [0.2, 0.25) is 0 Å². The average Bonchev–Trinajstić information content (AvgIpc) is 2.91. The van der Waals surface area contributed by atoms with E-state index < -0.39 is 0 Å². The molecule has 5 nitrogen and oxygen atoms in total. The number of halogens is 1. The number of pyridine rings is 1. The summed E-state index contributed by atoms with van der Waals surface area (Å²) in [7, 11) is 0. The van der Waals surface area contributed by atoms with E-state index in [0.717, 1.165) is 17.5 Å². The second-order valence-electron chi connectivity index (χ2n) is 6.10. The number of aromatic nitrogens is 3. The quantitative estimate of drug-likeness (QED) is 0.721. The Hall–Kier alpha value is -2.27. The maximum atomic E-state index is 12.1. The van der Waals surface area contributed by atoms with Crippen LogP contribution in [0.4, 0.5) is 5.69 Å². The van der Waals surface area contributed by atoms with E-state index in [1.54, 1.807) is 6.07 Å². The van der Waals surface area contributed by atoms with Gasteiger partial charge in [-0.1, -0.05) is 37.6 Å². The van der Waals surface area contributed by atoms with Crippen molar-refractivity contribution >= 4 is 28.3 Å². The van der Waals surface area contributed by atoms with Gasteiger partial charge in [-0.2, -0.15) is 0 Å². The lowest BCUT2D eigenvalue weighted by atomic mass is 10.0. The third-order valence-corrected chi connectivity index (χ3v) is 4.06. The number of benzene rings is 1. The fourth-order valence-corrected chi connectivity index (χ4v) is 2.89. The van der Waals surface area contributed by atoms with Crippen LogP contribution in [0.3, 0.4) is 0 Å². The van der Waals surface area contributed by atoms with Crippen molar-refractivity contribution in [1.29, 1.82) is 0 Å². The molecule has 23 heavy (non-hydrogen) atoms. The molecule has 0 saturated heterocycles. The molecule has 0 aliphatic heterocycles. The average molecular weight is 331 g/mol. The van der Waals surface area contributed by atoms with Crippen LogP contribution in [-0.4, -0.2) is 14.5 Å². The number of nitrogens with two attached hydrogens (primary N) is 1. The minimum Gasteiger partial charge on any atom is -0.394 e. The summed E-state index contributed by atoms with van der Waals surface area (Å²) in [5, 5.41) is 0.340. The first-order chi connectivity index (χ1) is 11.0. The smallest absolute Gasteiger partial charge is 0.275 e. The van der Waals surface area contributed by atoms with Crippen LogP contribution in [-0.2, 0) is 13.0 Å². The van der Waals surface area contributed by atoms with Crippen LogP contribution in [0.5, 0.6) is 0 Å². The first-order valence-electron chi connectivity index (χ1n) is 7.57. The molecule has 1 aromatic carbocycles. The Balaban J connectivity index is 2.02. The van der Waals surface area contributed by atoms with Crippen molar-refractivity contribution in [3.05, 3.63) is 57.2 Å². The second-order valence-corrected chi connectivity index (χ2v) is 6.48. The van der Waals surface area contributed by atoms with Gasteiger partial charge in [0, 0.05) is 0 Å². The lowest BCUT2D eigenvalue weighted by Gasteiger charge is -2.07. The van der Waals surface area contributed by atoms with Crippen molar-refractivity contribution in [2.75, 3.05) is 5.73 Å². The Kier molecular flexibility index (Phi) is 4.13.